The molecular weight excluding hydrogens is 178 g/mol. The Balaban J connectivity index is 1.81. The molecule has 2 fully saturated rings. The SMILES string of the molecule is CC(CN1C[C@@H]2CCN[C@@H]2C1)C(N)=O. The number of hydrogen-bond acceptors (Lipinski definition) is 3. The third-order valence-electron chi connectivity index (χ3n) is 3.46. The van der Waals surface area contributed by atoms with E-state index in [9.17, 15) is 4.79 Å². The molecule has 0 saturated carbocycles. The van der Waals surface area contributed by atoms with E-state index < -0.39 is 0 Å². The van der Waals surface area contributed by atoms with Crippen LogP contribution >= 0.6 is 0 Å². The number of hydrogen-bond donors (Lipinski definition) is 2. The van der Waals surface area contributed by atoms with Gasteiger partial charge in [-0.25, -0.2) is 0 Å². The molecule has 2 aliphatic heterocycles. The molecule has 2 rings (SSSR count). The molecule has 4 heteroatoms. The van der Waals surface area contributed by atoms with E-state index in [2.05, 4.69) is 10.2 Å². The molecule has 3 N–H and O–H groups in total. The number of amides is 1. The summed E-state index contributed by atoms with van der Waals surface area (Å²) in [6.45, 7) is 6.11. The Kier molecular flexibility index (Phi) is 2.74. The summed E-state index contributed by atoms with van der Waals surface area (Å²) in [7, 11) is 0. The number of nitrogens with two attached hydrogens (primary N) is 1. The maximum absolute atomic E-state index is 10.9. The quantitative estimate of drug-likeness (QED) is 0.635. The van der Waals surface area contributed by atoms with Crippen molar-refractivity contribution in [3.8, 4) is 0 Å². The molecule has 0 aliphatic carbocycles. The molecule has 0 aromatic rings. The predicted octanol–water partition coefficient (Wildman–Crippen LogP) is -0.598. The number of rotatable bonds is 3. The molecule has 0 radical (unpaired) electrons. The smallest absolute Gasteiger partial charge is 0.221 e. The third-order valence-corrected chi connectivity index (χ3v) is 3.46. The highest BCUT2D eigenvalue weighted by atomic mass is 16.1. The van der Waals surface area contributed by atoms with Crippen LogP contribution in [0.1, 0.15) is 13.3 Å². The Morgan fingerprint density at radius 3 is 3.07 bits per heavy atom. The van der Waals surface area contributed by atoms with Crippen LogP contribution in [0.4, 0.5) is 0 Å². The van der Waals surface area contributed by atoms with Crippen LogP contribution in [-0.2, 0) is 4.79 Å². The molecule has 0 spiro atoms. The normalized spacial score (nSPS) is 34.4. The van der Waals surface area contributed by atoms with Crippen molar-refractivity contribution in [2.75, 3.05) is 26.2 Å². The molecule has 2 heterocycles. The van der Waals surface area contributed by atoms with Gasteiger partial charge < -0.3 is 16.0 Å². The van der Waals surface area contributed by atoms with Crippen LogP contribution in [0, 0.1) is 11.8 Å². The average molecular weight is 197 g/mol. The van der Waals surface area contributed by atoms with E-state index >= 15 is 0 Å². The highest BCUT2D eigenvalue weighted by Crippen LogP contribution is 2.24. The zero-order valence-electron chi connectivity index (χ0n) is 8.70. The zero-order valence-corrected chi connectivity index (χ0v) is 8.70. The second-order valence-corrected chi connectivity index (χ2v) is 4.63. The first-order chi connectivity index (χ1) is 6.66. The number of likely N-dealkylation sites (tertiary alicyclic amines) is 1. The topological polar surface area (TPSA) is 58.4 Å². The fourth-order valence-corrected chi connectivity index (χ4v) is 2.56. The number of nitrogens with zero attached hydrogens (tertiary/aromatic N) is 1. The van der Waals surface area contributed by atoms with Crippen LogP contribution in [0.25, 0.3) is 0 Å². The van der Waals surface area contributed by atoms with Crippen LogP contribution in [0.3, 0.4) is 0 Å². The van der Waals surface area contributed by atoms with Gasteiger partial charge in [-0.2, -0.15) is 0 Å². The van der Waals surface area contributed by atoms with Crippen molar-refractivity contribution in [1.82, 2.24) is 10.2 Å². The highest BCUT2D eigenvalue weighted by molar-refractivity contribution is 5.76. The molecule has 2 saturated heterocycles. The van der Waals surface area contributed by atoms with Crippen molar-refractivity contribution >= 4 is 5.91 Å². The fraction of sp³-hybridized carbons (Fsp3) is 0.900. The van der Waals surface area contributed by atoms with Crippen molar-refractivity contribution in [3.05, 3.63) is 0 Å². The van der Waals surface area contributed by atoms with Gasteiger partial charge in [-0.05, 0) is 18.9 Å². The highest BCUT2D eigenvalue weighted by Gasteiger charge is 2.36. The van der Waals surface area contributed by atoms with E-state index in [0.717, 1.165) is 32.1 Å². The number of fused-ring (bicyclic) bond motifs is 1. The van der Waals surface area contributed by atoms with Gasteiger partial charge in [-0.1, -0.05) is 6.92 Å². The first-order valence-corrected chi connectivity index (χ1v) is 5.42. The van der Waals surface area contributed by atoms with Crippen LogP contribution in [0.15, 0.2) is 0 Å². The molecule has 4 nitrogen and oxygen atoms in total. The lowest BCUT2D eigenvalue weighted by molar-refractivity contribution is -0.121. The van der Waals surface area contributed by atoms with E-state index in [1.165, 1.54) is 6.42 Å². The lowest BCUT2D eigenvalue weighted by Crippen LogP contribution is -2.36. The van der Waals surface area contributed by atoms with E-state index in [1.807, 2.05) is 6.92 Å². The fourth-order valence-electron chi connectivity index (χ4n) is 2.56. The number of nitrogens with one attached hydrogen (secondary N) is 1. The molecule has 80 valence electrons. The van der Waals surface area contributed by atoms with Gasteiger partial charge in [0.2, 0.25) is 5.91 Å². The zero-order chi connectivity index (χ0) is 10.1. The predicted molar refractivity (Wildman–Crippen MR) is 54.7 cm³/mol. The minimum atomic E-state index is -0.185. The van der Waals surface area contributed by atoms with Gasteiger partial charge in [-0.15, -0.1) is 0 Å². The summed E-state index contributed by atoms with van der Waals surface area (Å²) in [4.78, 5) is 13.3. The first kappa shape index (κ1) is 9.93. The van der Waals surface area contributed by atoms with E-state index in [4.69, 9.17) is 5.73 Å². The summed E-state index contributed by atoms with van der Waals surface area (Å²) >= 11 is 0. The maximum atomic E-state index is 10.9. The van der Waals surface area contributed by atoms with Crippen LogP contribution in [0.5, 0.6) is 0 Å². The minimum absolute atomic E-state index is 0.0196. The van der Waals surface area contributed by atoms with Gasteiger partial charge in [0.05, 0.1) is 0 Å². The second-order valence-electron chi connectivity index (χ2n) is 4.63. The summed E-state index contributed by atoms with van der Waals surface area (Å²) in [5.74, 6) is 0.596. The van der Waals surface area contributed by atoms with Gasteiger partial charge in [0.15, 0.2) is 0 Å². The molecule has 1 amide bonds. The first-order valence-electron chi connectivity index (χ1n) is 5.42. The summed E-state index contributed by atoms with van der Waals surface area (Å²) < 4.78 is 0. The Bertz CT molecular complexity index is 219. The maximum Gasteiger partial charge on any atom is 0.221 e. The van der Waals surface area contributed by atoms with Gasteiger partial charge in [0.1, 0.15) is 0 Å². The van der Waals surface area contributed by atoms with Crippen molar-refractivity contribution < 1.29 is 4.79 Å². The largest absolute Gasteiger partial charge is 0.369 e. The van der Waals surface area contributed by atoms with E-state index in [-0.39, 0.29) is 11.8 Å². The third kappa shape index (κ3) is 1.91. The summed E-state index contributed by atoms with van der Waals surface area (Å²) in [5, 5.41) is 3.49. The molecular formula is C10H19N3O. The Hall–Kier alpha value is -0.610. The molecule has 1 unspecified atom stereocenters. The number of carbonyl (C=O) groups excluding carboxylic acids is 1. The van der Waals surface area contributed by atoms with Crippen molar-refractivity contribution in [2.45, 2.75) is 19.4 Å². The lowest BCUT2D eigenvalue weighted by Gasteiger charge is -2.19. The number of primary amides is 1. The average Bonchev–Trinajstić information content (AvgIpc) is 2.63. The van der Waals surface area contributed by atoms with Gasteiger partial charge in [0, 0.05) is 31.6 Å². The van der Waals surface area contributed by atoms with Gasteiger partial charge >= 0.3 is 0 Å². The lowest BCUT2D eigenvalue weighted by atomic mass is 10.1. The Labute approximate surface area is 84.8 Å². The van der Waals surface area contributed by atoms with Crippen molar-refractivity contribution in [1.29, 1.82) is 0 Å². The summed E-state index contributed by atoms with van der Waals surface area (Å²) in [6, 6.07) is 0.662. The van der Waals surface area contributed by atoms with Crippen LogP contribution in [-0.4, -0.2) is 43.0 Å². The molecule has 14 heavy (non-hydrogen) atoms. The van der Waals surface area contributed by atoms with E-state index in [1.54, 1.807) is 0 Å². The standard InChI is InChI=1S/C10H19N3O/c1-7(10(11)14)4-13-5-8-2-3-12-9(8)6-13/h7-9,12H,2-6H2,1H3,(H2,11,14)/t7?,8-,9+/m0/s1. The van der Waals surface area contributed by atoms with Crippen molar-refractivity contribution in [3.63, 3.8) is 0 Å². The summed E-state index contributed by atoms with van der Waals surface area (Å²) in [5.41, 5.74) is 5.25. The second kappa shape index (κ2) is 3.87. The molecule has 3 atom stereocenters. The monoisotopic (exact) mass is 197 g/mol. The molecule has 0 aromatic heterocycles. The van der Waals surface area contributed by atoms with E-state index in [0.29, 0.717) is 6.04 Å². The molecule has 0 bridgehead atoms. The Morgan fingerprint density at radius 1 is 1.64 bits per heavy atom. The van der Waals surface area contributed by atoms with Crippen LogP contribution in [0.2, 0.25) is 0 Å². The summed E-state index contributed by atoms with van der Waals surface area (Å²) in [6.07, 6.45) is 1.28. The molecule has 0 aromatic carbocycles. The van der Waals surface area contributed by atoms with Gasteiger partial charge in [0.25, 0.3) is 0 Å². The number of carbonyl (C=O) groups is 1. The Morgan fingerprint density at radius 2 is 2.43 bits per heavy atom. The van der Waals surface area contributed by atoms with Gasteiger partial charge in [-0.3, -0.25) is 4.79 Å². The van der Waals surface area contributed by atoms with Crippen molar-refractivity contribution in [2.24, 2.45) is 17.6 Å². The molecule has 2 aliphatic rings. The van der Waals surface area contributed by atoms with Crippen LogP contribution < -0.4 is 11.1 Å². The minimum Gasteiger partial charge on any atom is -0.369 e.